The predicted molar refractivity (Wildman–Crippen MR) is 118 cm³/mol. The molecule has 0 aliphatic carbocycles. The van der Waals surface area contributed by atoms with Crippen LogP contribution in [0.5, 0.6) is 0 Å². The number of hydrogen-bond acceptors (Lipinski definition) is 4. The first-order valence-corrected chi connectivity index (χ1v) is 10.5. The maximum Gasteiger partial charge on any atom is 2.00 e. The second-order valence-electron chi connectivity index (χ2n) is 6.11. The zero-order valence-corrected chi connectivity index (χ0v) is 21.8. The van der Waals surface area contributed by atoms with Crippen molar-refractivity contribution in [3.05, 3.63) is 0 Å². The van der Waals surface area contributed by atoms with Crippen LogP contribution in [0.15, 0.2) is 0 Å². The van der Waals surface area contributed by atoms with Gasteiger partial charge in [0.2, 0.25) is 0 Å². The Morgan fingerprint density at radius 3 is 0.500 bits per heavy atom. The Labute approximate surface area is 198 Å². The fourth-order valence-electron chi connectivity index (χ4n) is 2.73. The minimum Gasteiger partial charge on any atom is -0.412 e. The van der Waals surface area contributed by atoms with Crippen LogP contribution in [0.1, 0.15) is 55.4 Å². The third-order valence-corrected chi connectivity index (χ3v) is 5.04. The second-order valence-corrected chi connectivity index (χ2v) is 6.11. The Kier molecular flexibility index (Phi) is 49.6. The van der Waals surface area contributed by atoms with Gasteiger partial charge in [0.05, 0.1) is 0 Å². The smallest absolute Gasteiger partial charge is 0.412 e. The Morgan fingerprint density at radius 2 is 0.429 bits per heavy atom. The van der Waals surface area contributed by atoms with Crippen molar-refractivity contribution in [3.8, 4) is 0 Å². The molecule has 0 heterocycles. The molecule has 0 aromatic rings. The summed E-state index contributed by atoms with van der Waals surface area (Å²) in [5.41, 5.74) is 0. The van der Waals surface area contributed by atoms with E-state index in [9.17, 15) is 0 Å². The maximum atomic E-state index is 2.47. The first-order valence-electron chi connectivity index (χ1n) is 10.5. The van der Waals surface area contributed by atoms with Gasteiger partial charge in [-0.3, -0.25) is 0 Å². The molecule has 0 saturated heterocycles. The fraction of sp³-hybridized carbons (Fsp3) is 1.00. The van der Waals surface area contributed by atoms with Gasteiger partial charge in [0.1, 0.15) is 0 Å². The Morgan fingerprint density at radius 1 is 0.321 bits per heavy atom. The summed E-state index contributed by atoms with van der Waals surface area (Å²) in [6.45, 7) is 32.1. The van der Waals surface area contributed by atoms with Gasteiger partial charge in [-0.1, -0.05) is 55.4 Å². The van der Waals surface area contributed by atoms with Gasteiger partial charge in [-0.2, -0.15) is 0 Å². The molecular weight excluding hydrogens is 455 g/mol. The number of likely N-dealkylation sites (N-methyl/N-ethyl adjacent to an activating group) is 4. The quantitative estimate of drug-likeness (QED) is 0.335. The van der Waals surface area contributed by atoms with E-state index in [0.29, 0.717) is 0 Å². The summed E-state index contributed by atoms with van der Waals surface area (Å²) in [7, 11) is 0. The normalized spacial score (nSPS) is 9.86. The molecule has 0 fully saturated rings. The van der Waals surface area contributed by atoms with Crippen molar-refractivity contribution in [2.45, 2.75) is 55.4 Å². The topological polar surface area (TPSA) is 76.0 Å². The second kappa shape index (κ2) is 32.5. The third-order valence-electron chi connectivity index (χ3n) is 5.04. The predicted octanol–water partition coefficient (Wildman–Crippen LogP) is 1.69. The molecule has 0 atom stereocenters. The van der Waals surface area contributed by atoms with E-state index >= 15 is 0 Å². The summed E-state index contributed by atoms with van der Waals surface area (Å²) in [6.07, 6.45) is 0. The fourth-order valence-corrected chi connectivity index (χ4v) is 2.73. The molecule has 0 aliphatic rings. The Balaban J connectivity index is -0.0000000756. The van der Waals surface area contributed by atoms with E-state index in [1.807, 2.05) is 0 Å². The standard InChI is InChI=1S/2C10H24N2.2Cu.2H2O/c2*1-5-11(6-2)9-10-12(7-3)8-4;;;;/h2*5-10H2,1-4H3;;;2*1H2/q;;2*+2;;. The van der Waals surface area contributed by atoms with Crippen molar-refractivity contribution in [1.29, 1.82) is 0 Å². The molecule has 4 N–H and O–H groups in total. The molecule has 0 aromatic carbocycles. The van der Waals surface area contributed by atoms with Crippen LogP contribution in [0.2, 0.25) is 0 Å². The van der Waals surface area contributed by atoms with E-state index < -0.39 is 0 Å². The molecule has 0 rings (SSSR count). The number of nitrogens with zero attached hydrogens (tertiary/aromatic N) is 4. The zero-order chi connectivity index (χ0) is 18.8. The van der Waals surface area contributed by atoms with E-state index in [4.69, 9.17) is 0 Å². The third kappa shape index (κ3) is 24.8. The van der Waals surface area contributed by atoms with Crippen LogP contribution in [0.25, 0.3) is 0 Å². The van der Waals surface area contributed by atoms with Crippen molar-refractivity contribution in [2.24, 2.45) is 0 Å². The monoisotopic (exact) mass is 506 g/mol. The van der Waals surface area contributed by atoms with Gasteiger partial charge < -0.3 is 30.6 Å². The largest absolute Gasteiger partial charge is 2.00 e. The minimum absolute atomic E-state index is 0. The van der Waals surface area contributed by atoms with Crippen LogP contribution in [-0.2, 0) is 34.1 Å². The van der Waals surface area contributed by atoms with Crippen molar-refractivity contribution < 1.29 is 45.1 Å². The first-order chi connectivity index (χ1) is 11.6. The van der Waals surface area contributed by atoms with E-state index in [0.717, 1.165) is 0 Å². The van der Waals surface area contributed by atoms with Gasteiger partial charge in [0.25, 0.3) is 0 Å². The molecule has 0 aromatic heterocycles. The van der Waals surface area contributed by atoms with Gasteiger partial charge in [-0.05, 0) is 52.4 Å². The summed E-state index contributed by atoms with van der Waals surface area (Å²) >= 11 is 0. The minimum atomic E-state index is 0. The molecule has 2 radical (unpaired) electrons. The number of hydrogen-bond donors (Lipinski definition) is 0. The first kappa shape index (κ1) is 42.8. The van der Waals surface area contributed by atoms with Gasteiger partial charge in [-0.25, -0.2) is 0 Å². The van der Waals surface area contributed by atoms with Gasteiger partial charge in [0, 0.05) is 26.2 Å². The molecule has 28 heavy (non-hydrogen) atoms. The summed E-state index contributed by atoms with van der Waals surface area (Å²) in [6, 6.07) is 0. The molecule has 0 aliphatic heterocycles. The zero-order valence-electron chi connectivity index (χ0n) is 19.9. The van der Waals surface area contributed by atoms with E-state index in [-0.39, 0.29) is 45.1 Å². The molecule has 0 bridgehead atoms. The summed E-state index contributed by atoms with van der Waals surface area (Å²) in [5.74, 6) is 0. The number of rotatable bonds is 14. The summed E-state index contributed by atoms with van der Waals surface area (Å²) in [5, 5.41) is 0. The molecule has 6 nitrogen and oxygen atoms in total. The maximum absolute atomic E-state index is 2.47. The molecule has 8 heteroatoms. The van der Waals surface area contributed by atoms with Crippen LogP contribution in [0.3, 0.4) is 0 Å². The summed E-state index contributed by atoms with van der Waals surface area (Å²) < 4.78 is 0. The van der Waals surface area contributed by atoms with E-state index in [1.54, 1.807) is 0 Å². The van der Waals surface area contributed by atoms with Crippen molar-refractivity contribution >= 4 is 0 Å². The van der Waals surface area contributed by atoms with Crippen molar-refractivity contribution in [1.82, 2.24) is 19.6 Å². The van der Waals surface area contributed by atoms with E-state index in [1.165, 1.54) is 78.5 Å². The average Bonchev–Trinajstić information content (AvgIpc) is 2.63. The average molecular weight is 508 g/mol. The van der Waals surface area contributed by atoms with Crippen LogP contribution in [0, 0.1) is 0 Å². The molecule has 0 saturated carbocycles. The Bertz CT molecular complexity index is 192. The molecular formula is C20H52Cu2N4O2+4. The van der Waals surface area contributed by atoms with Crippen LogP contribution in [0.4, 0.5) is 0 Å². The molecule has 182 valence electrons. The van der Waals surface area contributed by atoms with Crippen LogP contribution >= 0.6 is 0 Å². The molecule has 0 amide bonds. The SMILES string of the molecule is CCN(CC)CCN(CC)CC.CCN(CC)CCN(CC)CC.O.O.[Cu+2].[Cu+2]. The Hall–Kier alpha value is 0.799. The van der Waals surface area contributed by atoms with Gasteiger partial charge in [-0.15, -0.1) is 0 Å². The molecule has 0 spiro atoms. The summed E-state index contributed by atoms with van der Waals surface area (Å²) in [4.78, 5) is 9.88. The molecule has 0 unspecified atom stereocenters. The van der Waals surface area contributed by atoms with Gasteiger partial charge >= 0.3 is 34.1 Å². The van der Waals surface area contributed by atoms with Crippen LogP contribution in [-0.4, -0.2) is 109 Å². The van der Waals surface area contributed by atoms with E-state index in [2.05, 4.69) is 75.0 Å². The van der Waals surface area contributed by atoms with Crippen LogP contribution < -0.4 is 0 Å². The van der Waals surface area contributed by atoms with Crippen molar-refractivity contribution in [3.63, 3.8) is 0 Å². The van der Waals surface area contributed by atoms with Gasteiger partial charge in [0.15, 0.2) is 0 Å². The van der Waals surface area contributed by atoms with Crippen molar-refractivity contribution in [2.75, 3.05) is 78.5 Å².